The van der Waals surface area contributed by atoms with E-state index in [4.69, 9.17) is 4.74 Å². The van der Waals surface area contributed by atoms with Crippen molar-refractivity contribution in [3.63, 3.8) is 0 Å². The Morgan fingerprint density at radius 3 is 2.73 bits per heavy atom. The van der Waals surface area contributed by atoms with Crippen LogP contribution in [0.15, 0.2) is 0 Å². The monoisotopic (exact) mass is 211 g/mol. The van der Waals surface area contributed by atoms with Gasteiger partial charge in [0, 0.05) is 19.2 Å². The summed E-state index contributed by atoms with van der Waals surface area (Å²) in [4.78, 5) is 0. The molecule has 1 saturated carbocycles. The highest BCUT2D eigenvalue weighted by molar-refractivity contribution is 4.77. The van der Waals surface area contributed by atoms with Gasteiger partial charge in [0.05, 0.1) is 6.10 Å². The Labute approximate surface area is 93.8 Å². The van der Waals surface area contributed by atoms with Crippen molar-refractivity contribution < 1.29 is 4.74 Å². The molecule has 0 spiro atoms. The van der Waals surface area contributed by atoms with E-state index >= 15 is 0 Å². The predicted octanol–water partition coefficient (Wildman–Crippen LogP) is 2.72. The molecule has 2 heteroatoms. The minimum Gasteiger partial charge on any atom is -0.377 e. The van der Waals surface area contributed by atoms with Gasteiger partial charge in [-0.05, 0) is 25.2 Å². The Balaban J connectivity index is 1.72. The Morgan fingerprint density at radius 1 is 1.20 bits per heavy atom. The lowest BCUT2D eigenvalue weighted by atomic mass is 10.00. The molecule has 1 aliphatic heterocycles. The van der Waals surface area contributed by atoms with Crippen LogP contribution in [0.4, 0.5) is 0 Å². The number of rotatable bonds is 3. The molecule has 0 amide bonds. The van der Waals surface area contributed by atoms with Crippen molar-refractivity contribution in [3.05, 3.63) is 0 Å². The lowest BCUT2D eigenvalue weighted by molar-refractivity contribution is 0.0494. The van der Waals surface area contributed by atoms with Crippen molar-refractivity contribution >= 4 is 0 Å². The average molecular weight is 211 g/mol. The van der Waals surface area contributed by atoms with Gasteiger partial charge in [0.2, 0.25) is 0 Å². The molecule has 0 aromatic heterocycles. The van der Waals surface area contributed by atoms with Gasteiger partial charge in [-0.1, -0.05) is 32.6 Å². The topological polar surface area (TPSA) is 21.3 Å². The number of hydrogen-bond acceptors (Lipinski definition) is 2. The second kappa shape index (κ2) is 5.86. The Morgan fingerprint density at radius 2 is 2.00 bits per heavy atom. The summed E-state index contributed by atoms with van der Waals surface area (Å²) < 4.78 is 5.93. The molecule has 2 nitrogen and oxygen atoms in total. The zero-order chi connectivity index (χ0) is 10.5. The van der Waals surface area contributed by atoms with Crippen LogP contribution in [0, 0.1) is 5.92 Å². The first-order valence-corrected chi connectivity index (χ1v) is 6.73. The minimum absolute atomic E-state index is 0.490. The molecule has 2 aliphatic rings. The van der Waals surface area contributed by atoms with Crippen LogP contribution >= 0.6 is 0 Å². The van der Waals surface area contributed by atoms with Crippen LogP contribution in [-0.4, -0.2) is 25.3 Å². The van der Waals surface area contributed by atoms with E-state index in [2.05, 4.69) is 12.2 Å². The number of nitrogens with one attached hydrogen (secondary N) is 1. The summed E-state index contributed by atoms with van der Waals surface area (Å²) in [6.07, 6.45) is 9.99. The Hall–Kier alpha value is -0.0800. The quantitative estimate of drug-likeness (QED) is 0.775. The molecule has 1 aliphatic carbocycles. The molecule has 2 unspecified atom stereocenters. The molecule has 0 aromatic rings. The first-order valence-electron chi connectivity index (χ1n) is 6.73. The van der Waals surface area contributed by atoms with Crippen LogP contribution in [0.1, 0.15) is 51.9 Å². The highest BCUT2D eigenvalue weighted by atomic mass is 16.5. The smallest absolute Gasteiger partial charge is 0.0702 e. The zero-order valence-corrected chi connectivity index (χ0v) is 10.0. The molecule has 15 heavy (non-hydrogen) atoms. The second-order valence-electron chi connectivity index (χ2n) is 5.18. The Kier molecular flexibility index (Phi) is 4.45. The average Bonchev–Trinajstić information content (AvgIpc) is 2.64. The molecule has 2 rings (SSSR count). The van der Waals surface area contributed by atoms with E-state index < -0.39 is 0 Å². The fourth-order valence-corrected chi connectivity index (χ4v) is 2.95. The molecular formula is C13H25NO. The first-order chi connectivity index (χ1) is 7.38. The minimum atomic E-state index is 0.490. The highest BCUT2D eigenvalue weighted by Crippen LogP contribution is 2.29. The molecule has 1 N–H and O–H groups in total. The van der Waals surface area contributed by atoms with Gasteiger partial charge >= 0.3 is 0 Å². The maximum Gasteiger partial charge on any atom is 0.0702 e. The van der Waals surface area contributed by atoms with Crippen LogP contribution in [-0.2, 0) is 4.74 Å². The van der Waals surface area contributed by atoms with Crippen molar-refractivity contribution in [2.24, 2.45) is 5.92 Å². The third-order valence-corrected chi connectivity index (χ3v) is 4.02. The van der Waals surface area contributed by atoms with Crippen LogP contribution in [0.3, 0.4) is 0 Å². The molecule has 0 aromatic carbocycles. The van der Waals surface area contributed by atoms with Gasteiger partial charge < -0.3 is 10.1 Å². The highest BCUT2D eigenvalue weighted by Gasteiger charge is 2.23. The zero-order valence-electron chi connectivity index (χ0n) is 10.0. The van der Waals surface area contributed by atoms with E-state index in [0.29, 0.717) is 12.1 Å². The maximum atomic E-state index is 5.93. The van der Waals surface area contributed by atoms with Gasteiger partial charge in [0.25, 0.3) is 0 Å². The van der Waals surface area contributed by atoms with Gasteiger partial charge in [-0.15, -0.1) is 0 Å². The van der Waals surface area contributed by atoms with E-state index in [1.165, 1.54) is 44.9 Å². The molecular weight excluding hydrogens is 186 g/mol. The molecule has 1 saturated heterocycles. The molecule has 1 heterocycles. The molecule has 0 bridgehead atoms. The maximum absolute atomic E-state index is 5.93. The molecule has 0 radical (unpaired) electrons. The largest absolute Gasteiger partial charge is 0.377 e. The summed E-state index contributed by atoms with van der Waals surface area (Å²) in [5.41, 5.74) is 0. The summed E-state index contributed by atoms with van der Waals surface area (Å²) >= 11 is 0. The standard InChI is InChI=1S/C13H25NO/c1-2-12-7-8-15-13(10-14-12)9-11-5-3-4-6-11/h11-14H,2-10H2,1H3. The van der Waals surface area contributed by atoms with E-state index in [9.17, 15) is 0 Å². The molecule has 88 valence electrons. The van der Waals surface area contributed by atoms with E-state index in [1.54, 1.807) is 0 Å². The summed E-state index contributed by atoms with van der Waals surface area (Å²) in [6, 6.07) is 0.693. The Bertz CT molecular complexity index is 177. The summed E-state index contributed by atoms with van der Waals surface area (Å²) in [6.45, 7) is 4.30. The first kappa shape index (κ1) is 11.4. The van der Waals surface area contributed by atoms with Gasteiger partial charge in [0.15, 0.2) is 0 Å². The van der Waals surface area contributed by atoms with E-state index in [-0.39, 0.29) is 0 Å². The fraction of sp³-hybridized carbons (Fsp3) is 1.00. The van der Waals surface area contributed by atoms with Gasteiger partial charge in [0.1, 0.15) is 0 Å². The number of hydrogen-bond donors (Lipinski definition) is 1. The fourth-order valence-electron chi connectivity index (χ4n) is 2.95. The molecule has 2 fully saturated rings. The van der Waals surface area contributed by atoms with Crippen LogP contribution in [0.5, 0.6) is 0 Å². The number of ether oxygens (including phenoxy) is 1. The third kappa shape index (κ3) is 3.46. The normalized spacial score (nSPS) is 34.2. The van der Waals surface area contributed by atoms with Gasteiger partial charge in [-0.3, -0.25) is 0 Å². The van der Waals surface area contributed by atoms with E-state index in [0.717, 1.165) is 19.1 Å². The van der Waals surface area contributed by atoms with Crippen LogP contribution in [0.25, 0.3) is 0 Å². The van der Waals surface area contributed by atoms with Crippen LogP contribution in [0.2, 0.25) is 0 Å². The summed E-state index contributed by atoms with van der Waals surface area (Å²) in [7, 11) is 0. The summed E-state index contributed by atoms with van der Waals surface area (Å²) in [5.74, 6) is 0.954. The predicted molar refractivity (Wildman–Crippen MR) is 63.0 cm³/mol. The summed E-state index contributed by atoms with van der Waals surface area (Å²) in [5, 5.41) is 3.63. The van der Waals surface area contributed by atoms with Crippen molar-refractivity contribution in [2.75, 3.05) is 13.2 Å². The van der Waals surface area contributed by atoms with Gasteiger partial charge in [-0.25, -0.2) is 0 Å². The lowest BCUT2D eigenvalue weighted by Gasteiger charge is -2.19. The van der Waals surface area contributed by atoms with Gasteiger partial charge in [-0.2, -0.15) is 0 Å². The van der Waals surface area contributed by atoms with Crippen LogP contribution < -0.4 is 5.32 Å². The second-order valence-corrected chi connectivity index (χ2v) is 5.18. The molecule has 2 atom stereocenters. The SMILES string of the molecule is CCC1CCOC(CC2CCCC2)CN1. The lowest BCUT2D eigenvalue weighted by Crippen LogP contribution is -2.33. The van der Waals surface area contributed by atoms with Crippen molar-refractivity contribution in [1.29, 1.82) is 0 Å². The van der Waals surface area contributed by atoms with Crippen molar-refractivity contribution in [2.45, 2.75) is 64.0 Å². The third-order valence-electron chi connectivity index (χ3n) is 4.02. The van der Waals surface area contributed by atoms with E-state index in [1.807, 2.05) is 0 Å². The van der Waals surface area contributed by atoms with Crippen molar-refractivity contribution in [3.8, 4) is 0 Å². The van der Waals surface area contributed by atoms with Crippen molar-refractivity contribution in [1.82, 2.24) is 5.32 Å².